The number of aliphatic carboxylic acids is 3. The van der Waals surface area contributed by atoms with Crippen LogP contribution in [0.25, 0.3) is 0 Å². The van der Waals surface area contributed by atoms with Gasteiger partial charge in [-0.05, 0) is 18.4 Å². The van der Waals surface area contributed by atoms with Crippen molar-refractivity contribution in [1.82, 2.24) is 25.9 Å². The van der Waals surface area contributed by atoms with E-state index in [9.17, 15) is 33.9 Å². The first-order valence-corrected chi connectivity index (χ1v) is 11.6. The van der Waals surface area contributed by atoms with Crippen LogP contribution in [-0.2, 0) is 35.2 Å². The quantitative estimate of drug-likeness (QED) is 0.114. The number of hydrogen-bond donors (Lipinski definition) is 8. The molecule has 0 aromatic carbocycles. The lowest BCUT2D eigenvalue weighted by Gasteiger charge is -2.24. The van der Waals surface area contributed by atoms with Crippen LogP contribution in [-0.4, -0.2) is 97.1 Å². The first kappa shape index (κ1) is 29.4. The molecule has 15 nitrogen and oxygen atoms in total. The average molecular weight is 517 g/mol. The summed E-state index contributed by atoms with van der Waals surface area (Å²) in [5, 5.41) is 34.1. The first-order chi connectivity index (χ1) is 16.4. The SMILES string of the molecule is CSCCC(NC(=O)C(CC(=O)O)NC(=O)C(N)CC(=O)O)C(=O)NC(Cc1cnc[nH]1)C(=O)O. The molecular weight excluding hydrogens is 488 g/mol. The number of hydrogen-bond acceptors (Lipinski definition) is 9. The number of carboxylic acid groups (broad SMARTS) is 3. The molecule has 0 fully saturated rings. The van der Waals surface area contributed by atoms with Crippen LogP contribution in [0.5, 0.6) is 0 Å². The van der Waals surface area contributed by atoms with Crippen LogP contribution in [0.1, 0.15) is 25.0 Å². The van der Waals surface area contributed by atoms with Crippen molar-refractivity contribution in [2.24, 2.45) is 5.73 Å². The molecule has 1 aromatic heterocycles. The third-order valence-corrected chi connectivity index (χ3v) is 5.22. The zero-order valence-electron chi connectivity index (χ0n) is 18.7. The Morgan fingerprint density at radius 3 is 2.03 bits per heavy atom. The summed E-state index contributed by atoms with van der Waals surface area (Å²) in [6, 6.07) is -5.80. The Kier molecular flexibility index (Phi) is 12.2. The van der Waals surface area contributed by atoms with E-state index in [2.05, 4.69) is 25.9 Å². The molecule has 0 aliphatic heterocycles. The molecule has 4 atom stereocenters. The second-order valence-corrected chi connectivity index (χ2v) is 8.37. The van der Waals surface area contributed by atoms with E-state index < -0.39 is 72.6 Å². The molecule has 1 heterocycles. The van der Waals surface area contributed by atoms with E-state index >= 15 is 0 Å². The Hall–Kier alpha value is -3.66. The number of aromatic nitrogens is 2. The monoisotopic (exact) mass is 516 g/mol. The van der Waals surface area contributed by atoms with E-state index in [0.29, 0.717) is 11.4 Å². The van der Waals surface area contributed by atoms with Crippen molar-refractivity contribution in [3.63, 3.8) is 0 Å². The van der Waals surface area contributed by atoms with Gasteiger partial charge in [-0.15, -0.1) is 0 Å². The Morgan fingerprint density at radius 2 is 1.51 bits per heavy atom. The summed E-state index contributed by atoms with van der Waals surface area (Å²) in [5.74, 6) is -6.70. The van der Waals surface area contributed by atoms with Gasteiger partial charge in [-0.2, -0.15) is 11.8 Å². The Balaban J connectivity index is 2.96. The van der Waals surface area contributed by atoms with Gasteiger partial charge >= 0.3 is 17.9 Å². The number of imidazole rings is 1. The molecule has 0 aliphatic carbocycles. The lowest BCUT2D eigenvalue weighted by atomic mass is 10.1. The number of amides is 3. The zero-order chi connectivity index (χ0) is 26.5. The van der Waals surface area contributed by atoms with Gasteiger partial charge in [0.25, 0.3) is 0 Å². The average Bonchev–Trinajstić information content (AvgIpc) is 3.27. The van der Waals surface area contributed by atoms with E-state index in [-0.39, 0.29) is 12.8 Å². The number of carbonyl (C=O) groups is 6. The van der Waals surface area contributed by atoms with Crippen LogP contribution >= 0.6 is 11.8 Å². The summed E-state index contributed by atoms with van der Waals surface area (Å²) >= 11 is 1.35. The predicted octanol–water partition coefficient (Wildman–Crippen LogP) is -2.48. The Morgan fingerprint density at radius 1 is 0.943 bits per heavy atom. The highest BCUT2D eigenvalue weighted by molar-refractivity contribution is 7.98. The maximum Gasteiger partial charge on any atom is 0.326 e. The molecule has 0 aliphatic rings. The summed E-state index contributed by atoms with van der Waals surface area (Å²) in [6.45, 7) is 0. The molecule has 35 heavy (non-hydrogen) atoms. The molecule has 0 saturated heterocycles. The minimum atomic E-state index is -1.66. The van der Waals surface area contributed by atoms with Crippen molar-refractivity contribution in [2.45, 2.75) is 49.9 Å². The van der Waals surface area contributed by atoms with Crippen LogP contribution in [0.15, 0.2) is 12.5 Å². The fourth-order valence-electron chi connectivity index (χ4n) is 2.81. The molecule has 0 bridgehead atoms. The molecule has 4 unspecified atom stereocenters. The summed E-state index contributed by atoms with van der Waals surface area (Å²) in [4.78, 5) is 77.7. The number of carbonyl (C=O) groups excluding carboxylic acids is 3. The van der Waals surface area contributed by atoms with Crippen LogP contribution in [0, 0.1) is 0 Å². The number of thioether (sulfide) groups is 1. The normalized spacial score (nSPS) is 14.1. The van der Waals surface area contributed by atoms with Gasteiger partial charge in [-0.25, -0.2) is 9.78 Å². The van der Waals surface area contributed by atoms with Gasteiger partial charge in [0.2, 0.25) is 17.7 Å². The van der Waals surface area contributed by atoms with Crippen LogP contribution in [0.3, 0.4) is 0 Å². The van der Waals surface area contributed by atoms with Gasteiger partial charge in [0.1, 0.15) is 18.1 Å². The van der Waals surface area contributed by atoms with Gasteiger partial charge in [-0.3, -0.25) is 24.0 Å². The van der Waals surface area contributed by atoms with E-state index in [4.69, 9.17) is 15.9 Å². The van der Waals surface area contributed by atoms with E-state index in [1.54, 1.807) is 6.26 Å². The maximum absolute atomic E-state index is 12.8. The van der Waals surface area contributed by atoms with Gasteiger partial charge in [-0.1, -0.05) is 0 Å². The first-order valence-electron chi connectivity index (χ1n) is 10.2. The van der Waals surface area contributed by atoms with Crippen molar-refractivity contribution < 1.29 is 44.1 Å². The second-order valence-electron chi connectivity index (χ2n) is 7.39. The van der Waals surface area contributed by atoms with E-state index in [1.165, 1.54) is 24.3 Å². The van der Waals surface area contributed by atoms with Gasteiger partial charge in [0, 0.05) is 18.3 Å². The number of nitrogens with two attached hydrogens (primary N) is 1. The standard InChI is InChI=1S/C19H28N6O9S/c1-35-3-2-11(17(31)25-13(19(33)34)4-9-7-21-8-22-9)23-18(32)12(6-15(28)29)24-16(30)10(20)5-14(26)27/h7-8,10-13H,2-6,20H2,1H3,(H,21,22)(H,23,32)(H,24,30)(H,25,31)(H,26,27)(H,28,29)(H,33,34). The topological polar surface area (TPSA) is 254 Å². The molecule has 16 heteroatoms. The highest BCUT2D eigenvalue weighted by Crippen LogP contribution is 2.06. The number of aromatic amines is 1. The predicted molar refractivity (Wildman–Crippen MR) is 121 cm³/mol. The summed E-state index contributed by atoms with van der Waals surface area (Å²) in [7, 11) is 0. The number of nitrogens with one attached hydrogen (secondary N) is 4. The fraction of sp³-hybridized carbons (Fsp3) is 0.526. The van der Waals surface area contributed by atoms with Crippen LogP contribution in [0.2, 0.25) is 0 Å². The van der Waals surface area contributed by atoms with E-state index in [0.717, 1.165) is 0 Å². The number of nitrogens with zero attached hydrogens (tertiary/aromatic N) is 1. The maximum atomic E-state index is 12.8. The molecular formula is C19H28N6O9S. The number of carboxylic acids is 3. The third kappa shape index (κ3) is 10.9. The Labute approximate surface area is 203 Å². The number of rotatable bonds is 16. The summed E-state index contributed by atoms with van der Waals surface area (Å²) < 4.78 is 0. The second kappa shape index (κ2) is 14.6. The third-order valence-electron chi connectivity index (χ3n) is 4.58. The van der Waals surface area contributed by atoms with E-state index in [1.807, 2.05) is 0 Å². The van der Waals surface area contributed by atoms with Crippen molar-refractivity contribution in [3.8, 4) is 0 Å². The van der Waals surface area contributed by atoms with Gasteiger partial charge < -0.3 is 42.0 Å². The smallest absolute Gasteiger partial charge is 0.326 e. The van der Waals surface area contributed by atoms with Crippen molar-refractivity contribution in [3.05, 3.63) is 18.2 Å². The number of H-pyrrole nitrogens is 1. The summed E-state index contributed by atoms with van der Waals surface area (Å²) in [6.07, 6.45) is 2.82. The van der Waals surface area contributed by atoms with Crippen molar-refractivity contribution in [2.75, 3.05) is 12.0 Å². The van der Waals surface area contributed by atoms with Crippen molar-refractivity contribution >= 4 is 47.4 Å². The van der Waals surface area contributed by atoms with Gasteiger partial charge in [0.05, 0.1) is 25.2 Å². The molecule has 1 aromatic rings. The Bertz CT molecular complexity index is 911. The molecule has 0 saturated carbocycles. The molecule has 1 rings (SSSR count). The molecule has 194 valence electrons. The highest BCUT2D eigenvalue weighted by atomic mass is 32.2. The molecule has 0 radical (unpaired) electrons. The largest absolute Gasteiger partial charge is 0.481 e. The molecule has 3 amide bonds. The van der Waals surface area contributed by atoms with Gasteiger partial charge in [0.15, 0.2) is 0 Å². The molecule has 9 N–H and O–H groups in total. The van der Waals surface area contributed by atoms with Crippen molar-refractivity contribution in [1.29, 1.82) is 0 Å². The van der Waals surface area contributed by atoms with Crippen LogP contribution in [0.4, 0.5) is 0 Å². The lowest BCUT2D eigenvalue weighted by Crippen LogP contribution is -2.57. The minimum absolute atomic E-state index is 0.0708. The highest BCUT2D eigenvalue weighted by Gasteiger charge is 2.31. The zero-order valence-corrected chi connectivity index (χ0v) is 19.5. The summed E-state index contributed by atoms with van der Waals surface area (Å²) in [5.41, 5.74) is 5.90. The van der Waals surface area contributed by atoms with Crippen LogP contribution < -0.4 is 21.7 Å². The minimum Gasteiger partial charge on any atom is -0.481 e. The molecule has 0 spiro atoms. The fourth-order valence-corrected chi connectivity index (χ4v) is 3.28. The lowest BCUT2D eigenvalue weighted by molar-refractivity contribution is -0.143.